The van der Waals surface area contributed by atoms with Crippen LogP contribution in [0.4, 0.5) is 8.78 Å². The van der Waals surface area contributed by atoms with Crippen LogP contribution in [0.3, 0.4) is 0 Å². The maximum atomic E-state index is 12.5. The quantitative estimate of drug-likeness (QED) is 0.773. The van der Waals surface area contributed by atoms with Crippen LogP contribution in [0.2, 0.25) is 0 Å². The van der Waals surface area contributed by atoms with Crippen molar-refractivity contribution >= 4 is 12.4 Å². The van der Waals surface area contributed by atoms with Gasteiger partial charge in [-0.15, -0.1) is 12.4 Å². The zero-order valence-corrected chi connectivity index (χ0v) is 7.52. The van der Waals surface area contributed by atoms with Crippen LogP contribution in [0.15, 0.2) is 18.2 Å². The van der Waals surface area contributed by atoms with E-state index in [1.807, 2.05) is 0 Å². The molecule has 13 heavy (non-hydrogen) atoms. The first-order valence-electron chi connectivity index (χ1n) is 3.48. The van der Waals surface area contributed by atoms with Crippen molar-refractivity contribution in [2.24, 2.45) is 5.73 Å². The van der Waals surface area contributed by atoms with Gasteiger partial charge in [-0.05, 0) is 17.7 Å². The van der Waals surface area contributed by atoms with Gasteiger partial charge in [-0.2, -0.15) is 0 Å². The molecule has 0 spiro atoms. The second-order valence-corrected chi connectivity index (χ2v) is 2.43. The number of aliphatic hydroxyl groups is 1. The van der Waals surface area contributed by atoms with Crippen molar-refractivity contribution in [1.29, 1.82) is 0 Å². The van der Waals surface area contributed by atoms with Crippen molar-refractivity contribution in [3.63, 3.8) is 0 Å². The Morgan fingerprint density at radius 2 is 1.92 bits per heavy atom. The summed E-state index contributed by atoms with van der Waals surface area (Å²) in [6, 6.07) is 3.20. The summed E-state index contributed by atoms with van der Waals surface area (Å²) in [7, 11) is 0. The molecule has 1 aromatic rings. The molecule has 0 aliphatic rings. The maximum Gasteiger partial charge on any atom is 0.159 e. The van der Waals surface area contributed by atoms with Crippen LogP contribution in [0, 0.1) is 11.6 Å². The minimum Gasteiger partial charge on any atom is -0.387 e. The van der Waals surface area contributed by atoms with E-state index in [1.54, 1.807) is 0 Å². The molecule has 0 heterocycles. The summed E-state index contributed by atoms with van der Waals surface area (Å²) >= 11 is 0. The molecule has 0 fully saturated rings. The van der Waals surface area contributed by atoms with Crippen LogP contribution in [-0.2, 0) is 0 Å². The van der Waals surface area contributed by atoms with Crippen molar-refractivity contribution in [3.8, 4) is 0 Å². The first-order chi connectivity index (χ1) is 5.65. The molecule has 74 valence electrons. The van der Waals surface area contributed by atoms with Crippen LogP contribution in [0.5, 0.6) is 0 Å². The zero-order chi connectivity index (χ0) is 9.14. The van der Waals surface area contributed by atoms with Crippen LogP contribution < -0.4 is 5.73 Å². The number of hydrogen-bond acceptors (Lipinski definition) is 2. The lowest BCUT2D eigenvalue weighted by Gasteiger charge is -2.07. The van der Waals surface area contributed by atoms with Gasteiger partial charge in [0.1, 0.15) is 0 Å². The zero-order valence-electron chi connectivity index (χ0n) is 6.71. The maximum absolute atomic E-state index is 12.5. The predicted octanol–water partition coefficient (Wildman–Crippen LogP) is 1.38. The molecule has 1 aromatic carbocycles. The molecule has 2 nitrogen and oxygen atoms in total. The van der Waals surface area contributed by atoms with Gasteiger partial charge in [0.15, 0.2) is 11.6 Å². The van der Waals surface area contributed by atoms with Crippen molar-refractivity contribution in [2.75, 3.05) is 6.54 Å². The normalized spacial score (nSPS) is 12.0. The van der Waals surface area contributed by atoms with Gasteiger partial charge in [0.05, 0.1) is 6.10 Å². The molecule has 1 atom stereocenters. The van der Waals surface area contributed by atoms with Crippen molar-refractivity contribution < 1.29 is 13.9 Å². The molecule has 0 saturated heterocycles. The summed E-state index contributed by atoms with van der Waals surface area (Å²) in [4.78, 5) is 0. The standard InChI is InChI=1S/C8H9F2NO.ClH/c9-6-2-1-5(3-7(6)10)8(12)4-11;/h1-3,8,12H,4,11H2;1H. The van der Waals surface area contributed by atoms with Crippen molar-refractivity contribution in [1.82, 2.24) is 0 Å². The van der Waals surface area contributed by atoms with Gasteiger partial charge in [-0.3, -0.25) is 0 Å². The largest absolute Gasteiger partial charge is 0.387 e. The highest BCUT2D eigenvalue weighted by Crippen LogP contribution is 2.14. The number of benzene rings is 1. The van der Waals surface area contributed by atoms with Gasteiger partial charge in [0.25, 0.3) is 0 Å². The number of nitrogens with two attached hydrogens (primary N) is 1. The van der Waals surface area contributed by atoms with Crippen LogP contribution in [0.25, 0.3) is 0 Å². The fraction of sp³-hybridized carbons (Fsp3) is 0.250. The fourth-order valence-corrected chi connectivity index (χ4v) is 0.856. The van der Waals surface area contributed by atoms with E-state index in [4.69, 9.17) is 10.8 Å². The lowest BCUT2D eigenvalue weighted by atomic mass is 10.1. The van der Waals surface area contributed by atoms with E-state index in [9.17, 15) is 8.78 Å². The fourth-order valence-electron chi connectivity index (χ4n) is 0.856. The molecule has 0 aromatic heterocycles. The Kier molecular flexibility index (Phi) is 4.83. The van der Waals surface area contributed by atoms with Gasteiger partial charge < -0.3 is 10.8 Å². The summed E-state index contributed by atoms with van der Waals surface area (Å²) in [5.74, 6) is -1.90. The molecule has 3 N–H and O–H groups in total. The highest BCUT2D eigenvalue weighted by molar-refractivity contribution is 5.85. The highest BCUT2D eigenvalue weighted by Gasteiger charge is 2.08. The smallest absolute Gasteiger partial charge is 0.159 e. The van der Waals surface area contributed by atoms with E-state index in [-0.39, 0.29) is 24.5 Å². The summed E-state index contributed by atoms with van der Waals surface area (Å²) in [6.07, 6.45) is -0.930. The number of halogens is 3. The first-order valence-corrected chi connectivity index (χ1v) is 3.48. The Morgan fingerprint density at radius 1 is 1.31 bits per heavy atom. The summed E-state index contributed by atoms with van der Waals surface area (Å²) in [5.41, 5.74) is 5.41. The minimum absolute atomic E-state index is 0. The molecule has 1 unspecified atom stereocenters. The Morgan fingerprint density at radius 3 is 2.38 bits per heavy atom. The third-order valence-electron chi connectivity index (χ3n) is 1.55. The van der Waals surface area contributed by atoms with Crippen molar-refractivity contribution in [3.05, 3.63) is 35.4 Å². The van der Waals surface area contributed by atoms with E-state index in [0.717, 1.165) is 12.1 Å². The van der Waals surface area contributed by atoms with Gasteiger partial charge in [0, 0.05) is 6.54 Å². The molecule has 0 aliphatic carbocycles. The predicted molar refractivity (Wildman–Crippen MR) is 47.6 cm³/mol. The van der Waals surface area contributed by atoms with E-state index < -0.39 is 17.7 Å². The molecular weight excluding hydrogens is 200 g/mol. The molecule has 0 aliphatic heterocycles. The highest BCUT2D eigenvalue weighted by atomic mass is 35.5. The molecule has 0 radical (unpaired) electrons. The third kappa shape index (κ3) is 2.91. The number of aliphatic hydroxyl groups excluding tert-OH is 1. The second kappa shape index (κ2) is 5.11. The van der Waals surface area contributed by atoms with E-state index in [0.29, 0.717) is 0 Å². The summed E-state index contributed by atoms with van der Waals surface area (Å²) in [6.45, 7) is -0.00886. The summed E-state index contributed by atoms with van der Waals surface area (Å²) in [5, 5.41) is 9.13. The lowest BCUT2D eigenvalue weighted by molar-refractivity contribution is 0.186. The average Bonchev–Trinajstić information content (AvgIpc) is 2.08. The van der Waals surface area contributed by atoms with E-state index >= 15 is 0 Å². The van der Waals surface area contributed by atoms with Gasteiger partial charge in [-0.25, -0.2) is 8.78 Å². The van der Waals surface area contributed by atoms with Gasteiger partial charge in [0.2, 0.25) is 0 Å². The van der Waals surface area contributed by atoms with Crippen LogP contribution in [0.1, 0.15) is 11.7 Å². The Bertz CT molecular complexity index is 283. The van der Waals surface area contributed by atoms with Gasteiger partial charge >= 0.3 is 0 Å². The Hall–Kier alpha value is -0.710. The third-order valence-corrected chi connectivity index (χ3v) is 1.55. The molecule has 5 heteroatoms. The average molecular weight is 210 g/mol. The van der Waals surface area contributed by atoms with Gasteiger partial charge in [-0.1, -0.05) is 6.07 Å². The Labute approximate surface area is 80.8 Å². The molecule has 1 rings (SSSR count). The molecule has 0 saturated carbocycles. The monoisotopic (exact) mass is 209 g/mol. The number of hydrogen-bond donors (Lipinski definition) is 2. The Balaban J connectivity index is 0.00000144. The SMILES string of the molecule is Cl.NCC(O)c1ccc(F)c(F)c1. The molecule has 0 bridgehead atoms. The lowest BCUT2D eigenvalue weighted by Crippen LogP contribution is -2.11. The summed E-state index contributed by atoms with van der Waals surface area (Å²) < 4.78 is 24.9. The van der Waals surface area contributed by atoms with Crippen LogP contribution in [-0.4, -0.2) is 11.7 Å². The molecular formula is C8H10ClF2NO. The van der Waals surface area contributed by atoms with E-state index in [1.165, 1.54) is 6.07 Å². The van der Waals surface area contributed by atoms with Crippen molar-refractivity contribution in [2.45, 2.75) is 6.10 Å². The van der Waals surface area contributed by atoms with Crippen LogP contribution >= 0.6 is 12.4 Å². The number of rotatable bonds is 2. The minimum atomic E-state index is -0.972. The molecule has 0 amide bonds. The van der Waals surface area contributed by atoms with E-state index in [2.05, 4.69) is 0 Å². The topological polar surface area (TPSA) is 46.2 Å². The first kappa shape index (κ1) is 12.3. The second-order valence-electron chi connectivity index (χ2n) is 2.43.